The number of hydrogen-bond acceptors (Lipinski definition) is 5. The summed E-state index contributed by atoms with van der Waals surface area (Å²) in [5.41, 5.74) is 7.01. The number of anilines is 1. The van der Waals surface area contributed by atoms with Gasteiger partial charge in [-0.2, -0.15) is 5.10 Å². The summed E-state index contributed by atoms with van der Waals surface area (Å²) in [6.07, 6.45) is 14.1. The molecule has 6 nitrogen and oxygen atoms in total. The number of fused-ring (bicyclic) bond motifs is 2. The van der Waals surface area contributed by atoms with Gasteiger partial charge in [-0.1, -0.05) is 13.0 Å². The maximum Gasteiger partial charge on any atom is 0.222 e. The first-order valence-corrected chi connectivity index (χ1v) is 9.84. The smallest absolute Gasteiger partial charge is 0.222 e. The molecule has 3 aromatic rings. The molecule has 3 aliphatic carbocycles. The van der Waals surface area contributed by atoms with E-state index in [4.69, 9.17) is 9.97 Å². The van der Waals surface area contributed by atoms with Gasteiger partial charge in [0.25, 0.3) is 0 Å². The molecule has 2 saturated carbocycles. The second-order valence-electron chi connectivity index (χ2n) is 8.50. The topological polar surface area (TPSA) is 68.0 Å². The summed E-state index contributed by atoms with van der Waals surface area (Å²) in [7, 11) is 0. The third kappa shape index (κ3) is 2.62. The minimum atomic E-state index is 0. The number of nitrogens with one attached hydrogen (secondary N) is 1. The van der Waals surface area contributed by atoms with E-state index in [-0.39, 0.29) is 1.43 Å². The molecule has 0 aliphatic heterocycles. The molecule has 3 aromatic heterocycles. The average molecular weight is 360 g/mol. The molecule has 6 rings (SSSR count). The van der Waals surface area contributed by atoms with Gasteiger partial charge in [0.05, 0.1) is 17.6 Å². The zero-order valence-electron chi connectivity index (χ0n) is 15.4. The summed E-state index contributed by atoms with van der Waals surface area (Å²) in [4.78, 5) is 14.2. The normalized spacial score (nSPS) is 19.8. The summed E-state index contributed by atoms with van der Waals surface area (Å²) in [5, 5.41) is 7.86. The van der Waals surface area contributed by atoms with Crippen LogP contribution in [0.2, 0.25) is 0 Å². The van der Waals surface area contributed by atoms with Gasteiger partial charge in [-0.15, -0.1) is 0 Å². The van der Waals surface area contributed by atoms with E-state index < -0.39 is 0 Å². The van der Waals surface area contributed by atoms with Crippen molar-refractivity contribution in [2.45, 2.75) is 44.9 Å². The van der Waals surface area contributed by atoms with Crippen molar-refractivity contribution in [2.75, 3.05) is 11.9 Å². The number of rotatable bonds is 5. The molecule has 2 fully saturated rings. The Kier molecular flexibility index (Phi) is 3.05. The standard InChI is InChI=1S/C21H22N6.H2/c1-21(7-8-21)12-23-20-22-10-16-14(4-5-17(16)26-20)18-6-9-27-19(25-18)15(11-24-27)13-2-3-13;/h4,6,9-11,13H,2-3,5,7-8,12H2,1H3,(H,22,23,26);1H. The Morgan fingerprint density at radius 1 is 1.26 bits per heavy atom. The van der Waals surface area contributed by atoms with Crippen LogP contribution in [0, 0.1) is 5.41 Å². The van der Waals surface area contributed by atoms with Crippen molar-refractivity contribution in [2.24, 2.45) is 5.41 Å². The molecule has 6 heteroatoms. The molecule has 0 unspecified atom stereocenters. The first-order valence-electron chi connectivity index (χ1n) is 9.84. The summed E-state index contributed by atoms with van der Waals surface area (Å²) < 4.78 is 1.88. The van der Waals surface area contributed by atoms with Crippen LogP contribution in [0.25, 0.3) is 11.2 Å². The fourth-order valence-corrected chi connectivity index (χ4v) is 3.84. The number of aromatic nitrogens is 5. The lowest BCUT2D eigenvalue weighted by atomic mass is 10.1. The maximum absolute atomic E-state index is 4.94. The quantitative estimate of drug-likeness (QED) is 0.749. The predicted octanol–water partition coefficient (Wildman–Crippen LogP) is 3.84. The van der Waals surface area contributed by atoms with Crippen molar-refractivity contribution >= 4 is 17.2 Å². The van der Waals surface area contributed by atoms with Gasteiger partial charge in [-0.05, 0) is 43.1 Å². The Morgan fingerprint density at radius 2 is 2.15 bits per heavy atom. The van der Waals surface area contributed by atoms with Gasteiger partial charge in [0.1, 0.15) is 0 Å². The van der Waals surface area contributed by atoms with E-state index in [0.29, 0.717) is 11.3 Å². The minimum absolute atomic E-state index is 0. The number of hydrogen-bond donors (Lipinski definition) is 1. The van der Waals surface area contributed by atoms with E-state index in [9.17, 15) is 0 Å². The lowest BCUT2D eigenvalue weighted by Crippen LogP contribution is -2.14. The van der Waals surface area contributed by atoms with Crippen molar-refractivity contribution in [3.05, 3.63) is 53.2 Å². The first kappa shape index (κ1) is 15.3. The van der Waals surface area contributed by atoms with Crippen LogP contribution in [0.4, 0.5) is 5.95 Å². The van der Waals surface area contributed by atoms with Gasteiger partial charge in [-0.3, -0.25) is 0 Å². The molecule has 27 heavy (non-hydrogen) atoms. The van der Waals surface area contributed by atoms with Crippen molar-refractivity contribution in [1.29, 1.82) is 0 Å². The largest absolute Gasteiger partial charge is 0.354 e. The van der Waals surface area contributed by atoms with Crippen molar-refractivity contribution in [3.8, 4) is 0 Å². The second kappa shape index (κ2) is 5.38. The highest BCUT2D eigenvalue weighted by Gasteiger charge is 2.37. The lowest BCUT2D eigenvalue weighted by molar-refractivity contribution is 0.607. The highest BCUT2D eigenvalue weighted by Crippen LogP contribution is 2.44. The van der Waals surface area contributed by atoms with Gasteiger partial charge >= 0.3 is 0 Å². The minimum Gasteiger partial charge on any atom is -0.354 e. The summed E-state index contributed by atoms with van der Waals surface area (Å²) in [6.45, 7) is 3.26. The molecule has 0 aromatic carbocycles. The lowest BCUT2D eigenvalue weighted by Gasteiger charge is -2.11. The van der Waals surface area contributed by atoms with Gasteiger partial charge in [0.15, 0.2) is 5.65 Å². The van der Waals surface area contributed by atoms with Crippen molar-refractivity contribution in [3.63, 3.8) is 0 Å². The Bertz CT molecular complexity index is 1090. The fourth-order valence-electron chi connectivity index (χ4n) is 3.84. The van der Waals surface area contributed by atoms with Gasteiger partial charge in [0.2, 0.25) is 5.95 Å². The molecule has 1 N–H and O–H groups in total. The highest BCUT2D eigenvalue weighted by atomic mass is 15.2. The fraction of sp³-hybridized carbons (Fsp3) is 0.429. The van der Waals surface area contributed by atoms with Crippen molar-refractivity contribution < 1.29 is 1.43 Å². The van der Waals surface area contributed by atoms with E-state index in [1.54, 1.807) is 0 Å². The monoisotopic (exact) mass is 360 g/mol. The van der Waals surface area contributed by atoms with Crippen LogP contribution in [0.5, 0.6) is 0 Å². The Labute approximate surface area is 159 Å². The van der Waals surface area contributed by atoms with Crippen LogP contribution in [0.1, 0.15) is 62.5 Å². The molecule has 3 aliphatic rings. The van der Waals surface area contributed by atoms with Crippen molar-refractivity contribution in [1.82, 2.24) is 24.6 Å². The SMILES string of the molecule is CC1(CNc2ncc3c(n2)CC=C3c2ccn3ncc(C4CC4)c3n2)CC1.[HH]. The zero-order chi connectivity index (χ0) is 18.0. The second-order valence-corrected chi connectivity index (χ2v) is 8.50. The van der Waals surface area contributed by atoms with Crippen LogP contribution in [0.15, 0.2) is 30.7 Å². The van der Waals surface area contributed by atoms with Crippen LogP contribution >= 0.6 is 0 Å². The van der Waals surface area contributed by atoms with E-state index in [2.05, 4.69) is 28.4 Å². The van der Waals surface area contributed by atoms with E-state index in [0.717, 1.165) is 47.1 Å². The van der Waals surface area contributed by atoms with Crippen LogP contribution < -0.4 is 5.32 Å². The van der Waals surface area contributed by atoms with Gasteiger partial charge in [-0.25, -0.2) is 19.5 Å². The van der Waals surface area contributed by atoms with Gasteiger partial charge < -0.3 is 5.32 Å². The van der Waals surface area contributed by atoms with Gasteiger partial charge in [0, 0.05) is 43.5 Å². The summed E-state index contributed by atoms with van der Waals surface area (Å²) in [6, 6.07) is 2.04. The maximum atomic E-state index is 4.94. The molecule has 0 radical (unpaired) electrons. The van der Waals surface area contributed by atoms with E-state index in [1.165, 1.54) is 31.2 Å². The Balaban J connectivity index is 0.00000171. The number of allylic oxidation sites excluding steroid dienone is 1. The summed E-state index contributed by atoms with van der Waals surface area (Å²) in [5.74, 6) is 1.38. The predicted molar refractivity (Wildman–Crippen MR) is 106 cm³/mol. The molecular weight excluding hydrogens is 336 g/mol. The molecule has 0 spiro atoms. The van der Waals surface area contributed by atoms with Crippen LogP contribution in [-0.2, 0) is 6.42 Å². The average Bonchev–Trinajstić information content (AvgIpc) is 3.58. The molecule has 3 heterocycles. The molecule has 0 saturated heterocycles. The molecule has 0 atom stereocenters. The Hall–Kier alpha value is -2.76. The molecular formula is C21H24N6. The number of nitrogens with zero attached hydrogens (tertiary/aromatic N) is 5. The molecule has 138 valence electrons. The Morgan fingerprint density at radius 3 is 2.96 bits per heavy atom. The van der Waals surface area contributed by atoms with Crippen LogP contribution in [-0.4, -0.2) is 31.1 Å². The van der Waals surface area contributed by atoms with Crippen LogP contribution in [0.3, 0.4) is 0 Å². The molecule has 0 amide bonds. The molecule has 0 bridgehead atoms. The van der Waals surface area contributed by atoms with E-state index in [1.807, 2.05) is 29.2 Å². The zero-order valence-corrected chi connectivity index (χ0v) is 15.4. The first-order chi connectivity index (χ1) is 13.2. The van der Waals surface area contributed by atoms with E-state index >= 15 is 0 Å². The third-order valence-corrected chi connectivity index (χ3v) is 6.12. The highest BCUT2D eigenvalue weighted by molar-refractivity contribution is 5.82. The summed E-state index contributed by atoms with van der Waals surface area (Å²) >= 11 is 0. The third-order valence-electron chi connectivity index (χ3n) is 6.12.